The molecule has 2 aliphatic carbocycles. The van der Waals surface area contributed by atoms with Crippen molar-refractivity contribution in [3.05, 3.63) is 28.8 Å². The third kappa shape index (κ3) is 4.40. The van der Waals surface area contributed by atoms with E-state index >= 15 is 0 Å². The molecule has 0 atom stereocenters. The van der Waals surface area contributed by atoms with Crippen LogP contribution in [0.5, 0.6) is 5.75 Å². The van der Waals surface area contributed by atoms with Crippen LogP contribution < -0.4 is 4.74 Å². The van der Waals surface area contributed by atoms with Gasteiger partial charge in [0.05, 0.1) is 6.61 Å². The second kappa shape index (κ2) is 8.71. The number of halogens is 2. The van der Waals surface area contributed by atoms with Gasteiger partial charge >= 0.3 is 0 Å². The number of rotatable bonds is 5. The lowest BCUT2D eigenvalue weighted by Crippen LogP contribution is -2.27. The van der Waals surface area contributed by atoms with E-state index in [4.69, 9.17) is 4.74 Å². The van der Waals surface area contributed by atoms with Gasteiger partial charge in [-0.05, 0) is 93.2 Å². The Balaban J connectivity index is 1.47. The van der Waals surface area contributed by atoms with E-state index in [0.717, 1.165) is 30.6 Å². The van der Waals surface area contributed by atoms with Crippen LogP contribution >= 0.6 is 0 Å². The summed E-state index contributed by atoms with van der Waals surface area (Å²) in [6, 6.07) is 1.66. The Kier molecular flexibility index (Phi) is 6.58. The largest absolute Gasteiger partial charge is 0.490 e. The molecule has 1 aromatic rings. The van der Waals surface area contributed by atoms with E-state index in [9.17, 15) is 8.78 Å². The van der Waals surface area contributed by atoms with Crippen molar-refractivity contribution in [2.45, 2.75) is 78.6 Å². The molecule has 3 heteroatoms. The molecule has 1 aromatic carbocycles. The molecule has 146 valence electrons. The lowest BCUT2D eigenvalue weighted by Gasteiger charge is -2.37. The summed E-state index contributed by atoms with van der Waals surface area (Å²) in [5.74, 6) is 1.73. The zero-order chi connectivity index (χ0) is 18.7. The molecule has 0 N–H and O–H groups in total. The van der Waals surface area contributed by atoms with Gasteiger partial charge in [-0.25, -0.2) is 4.39 Å². The van der Waals surface area contributed by atoms with Gasteiger partial charge in [-0.1, -0.05) is 26.2 Å². The molecule has 0 aromatic heterocycles. The summed E-state index contributed by atoms with van der Waals surface area (Å²) in [5, 5.41) is 0. The second-order valence-electron chi connectivity index (χ2n) is 8.75. The van der Waals surface area contributed by atoms with Crippen molar-refractivity contribution >= 4 is 0 Å². The Morgan fingerprint density at radius 2 is 1.35 bits per heavy atom. The molecule has 2 fully saturated rings. The van der Waals surface area contributed by atoms with Gasteiger partial charge in [-0.3, -0.25) is 0 Å². The molecule has 0 amide bonds. The third-order valence-electron chi connectivity index (χ3n) is 7.02. The fourth-order valence-corrected chi connectivity index (χ4v) is 5.17. The van der Waals surface area contributed by atoms with Crippen molar-refractivity contribution in [2.75, 3.05) is 6.61 Å². The van der Waals surface area contributed by atoms with Crippen molar-refractivity contribution in [1.29, 1.82) is 0 Å². The van der Waals surface area contributed by atoms with E-state index in [0.29, 0.717) is 23.7 Å². The van der Waals surface area contributed by atoms with Gasteiger partial charge in [0.2, 0.25) is 5.82 Å². The molecule has 0 spiro atoms. The lowest BCUT2D eigenvalue weighted by molar-refractivity contribution is 0.121. The Morgan fingerprint density at radius 3 is 1.88 bits per heavy atom. The van der Waals surface area contributed by atoms with Crippen molar-refractivity contribution in [3.63, 3.8) is 0 Å². The summed E-state index contributed by atoms with van der Waals surface area (Å²) in [6.07, 6.45) is 11.9. The SMILES string of the molecule is CCC1CCC(C2CCC(COc3c(C)cc(C)c(F)c3F)CC2)CC1. The number of benzene rings is 1. The molecular formula is C23H34F2O. The fraction of sp³-hybridized carbons (Fsp3) is 0.739. The van der Waals surface area contributed by atoms with Crippen LogP contribution in [0.15, 0.2) is 6.07 Å². The molecule has 2 aliphatic rings. The highest BCUT2D eigenvalue weighted by Crippen LogP contribution is 2.42. The standard InChI is InChI=1S/C23H34F2O/c1-4-17-5-9-19(10-6-17)20-11-7-18(8-12-20)14-26-23-16(3)13-15(2)21(24)22(23)25/h13,17-20H,4-12,14H2,1-3H3. The van der Waals surface area contributed by atoms with Gasteiger partial charge < -0.3 is 4.74 Å². The summed E-state index contributed by atoms with van der Waals surface area (Å²) in [7, 11) is 0. The van der Waals surface area contributed by atoms with Crippen molar-refractivity contribution < 1.29 is 13.5 Å². The maximum Gasteiger partial charge on any atom is 0.201 e. The van der Waals surface area contributed by atoms with E-state index < -0.39 is 11.6 Å². The monoisotopic (exact) mass is 364 g/mol. The number of ether oxygens (including phenoxy) is 1. The average Bonchev–Trinajstić information content (AvgIpc) is 2.67. The summed E-state index contributed by atoms with van der Waals surface area (Å²) < 4.78 is 33.7. The van der Waals surface area contributed by atoms with Crippen LogP contribution in [0.25, 0.3) is 0 Å². The summed E-state index contributed by atoms with van der Waals surface area (Å²) in [4.78, 5) is 0. The van der Waals surface area contributed by atoms with Gasteiger partial charge in [0, 0.05) is 0 Å². The smallest absolute Gasteiger partial charge is 0.201 e. The third-order valence-corrected chi connectivity index (χ3v) is 7.02. The maximum atomic E-state index is 14.1. The fourth-order valence-electron chi connectivity index (χ4n) is 5.17. The Labute approximate surface area is 157 Å². The first-order chi connectivity index (χ1) is 12.5. The van der Waals surface area contributed by atoms with Gasteiger partial charge in [0.15, 0.2) is 11.6 Å². The molecule has 0 bridgehead atoms. The molecule has 3 rings (SSSR count). The van der Waals surface area contributed by atoms with Gasteiger partial charge in [0.25, 0.3) is 0 Å². The van der Waals surface area contributed by atoms with Crippen molar-refractivity contribution in [3.8, 4) is 5.75 Å². The molecule has 0 saturated heterocycles. The highest BCUT2D eigenvalue weighted by atomic mass is 19.2. The van der Waals surface area contributed by atoms with E-state index in [1.165, 1.54) is 44.9 Å². The Morgan fingerprint density at radius 1 is 0.808 bits per heavy atom. The minimum absolute atomic E-state index is 0.105. The van der Waals surface area contributed by atoms with Crippen LogP contribution in [-0.4, -0.2) is 6.61 Å². The van der Waals surface area contributed by atoms with Crippen LogP contribution in [-0.2, 0) is 0 Å². The normalized spacial score (nSPS) is 29.6. The van der Waals surface area contributed by atoms with Crippen LogP contribution in [0.3, 0.4) is 0 Å². The molecule has 26 heavy (non-hydrogen) atoms. The molecule has 0 radical (unpaired) electrons. The first-order valence-corrected chi connectivity index (χ1v) is 10.6. The Hall–Kier alpha value is -1.12. The molecular weight excluding hydrogens is 330 g/mol. The minimum Gasteiger partial charge on any atom is -0.490 e. The molecule has 1 nitrogen and oxygen atoms in total. The topological polar surface area (TPSA) is 9.23 Å². The van der Waals surface area contributed by atoms with Crippen LogP contribution in [0.1, 0.15) is 75.8 Å². The molecule has 0 unspecified atom stereocenters. The van der Waals surface area contributed by atoms with Gasteiger partial charge in [-0.15, -0.1) is 0 Å². The van der Waals surface area contributed by atoms with E-state index in [1.807, 2.05) is 0 Å². The zero-order valence-corrected chi connectivity index (χ0v) is 16.6. The molecule has 0 aliphatic heterocycles. The van der Waals surface area contributed by atoms with E-state index in [-0.39, 0.29) is 5.75 Å². The highest BCUT2D eigenvalue weighted by molar-refractivity contribution is 5.38. The molecule has 0 heterocycles. The lowest BCUT2D eigenvalue weighted by atomic mass is 9.69. The van der Waals surface area contributed by atoms with Crippen molar-refractivity contribution in [1.82, 2.24) is 0 Å². The predicted molar refractivity (Wildman–Crippen MR) is 103 cm³/mol. The Bertz CT molecular complexity index is 597. The van der Waals surface area contributed by atoms with Gasteiger partial charge in [-0.2, -0.15) is 4.39 Å². The van der Waals surface area contributed by atoms with E-state index in [2.05, 4.69) is 6.92 Å². The first-order valence-electron chi connectivity index (χ1n) is 10.6. The van der Waals surface area contributed by atoms with Crippen LogP contribution in [0.4, 0.5) is 8.78 Å². The quantitative estimate of drug-likeness (QED) is 0.547. The average molecular weight is 365 g/mol. The minimum atomic E-state index is -0.830. The number of hydrogen-bond donors (Lipinski definition) is 0. The van der Waals surface area contributed by atoms with E-state index in [1.54, 1.807) is 19.9 Å². The van der Waals surface area contributed by atoms with Gasteiger partial charge in [0.1, 0.15) is 0 Å². The number of hydrogen-bond acceptors (Lipinski definition) is 1. The summed E-state index contributed by atoms with van der Waals surface area (Å²) >= 11 is 0. The number of aryl methyl sites for hydroxylation is 2. The molecule has 2 saturated carbocycles. The first kappa shape index (κ1) is 19.6. The zero-order valence-electron chi connectivity index (χ0n) is 16.6. The van der Waals surface area contributed by atoms with Crippen molar-refractivity contribution in [2.24, 2.45) is 23.7 Å². The van der Waals surface area contributed by atoms with Crippen LogP contribution in [0, 0.1) is 49.2 Å². The second-order valence-corrected chi connectivity index (χ2v) is 8.75. The van der Waals surface area contributed by atoms with Crippen LogP contribution in [0.2, 0.25) is 0 Å². The highest BCUT2D eigenvalue weighted by Gasteiger charge is 2.31. The summed E-state index contributed by atoms with van der Waals surface area (Å²) in [6.45, 7) is 6.20. The predicted octanol–water partition coefficient (Wildman–Crippen LogP) is 6.98. The summed E-state index contributed by atoms with van der Waals surface area (Å²) in [5.41, 5.74) is 1.02. The maximum absolute atomic E-state index is 14.1.